The normalized spacial score (nSPS) is 35.0. The third kappa shape index (κ3) is 3.73. The Bertz CT molecular complexity index is 760. The van der Waals surface area contributed by atoms with Crippen molar-refractivity contribution < 1.29 is 40.8 Å². The van der Waals surface area contributed by atoms with E-state index in [2.05, 4.69) is 11.3 Å². The van der Waals surface area contributed by atoms with E-state index in [-0.39, 0.29) is 23.3 Å². The summed E-state index contributed by atoms with van der Waals surface area (Å²) in [5.41, 5.74) is -0.395. The first-order valence-electron chi connectivity index (χ1n) is 8.72. The van der Waals surface area contributed by atoms with Gasteiger partial charge in [0, 0.05) is 5.57 Å². The van der Waals surface area contributed by atoms with Crippen LogP contribution in [-0.4, -0.2) is 42.4 Å². The topological polar surface area (TPSA) is 110 Å². The molecule has 7 nitrogen and oxygen atoms in total. The highest BCUT2D eigenvalue weighted by atomic mass is 32.2. The molecule has 2 atom stereocenters. The van der Waals surface area contributed by atoms with E-state index < -0.39 is 45.4 Å². The van der Waals surface area contributed by atoms with E-state index in [0.717, 1.165) is 0 Å². The van der Waals surface area contributed by atoms with E-state index in [1.807, 2.05) is 0 Å². The number of esters is 2. The Balaban J connectivity index is 1.69. The zero-order chi connectivity index (χ0) is 20.2. The fourth-order valence-corrected chi connectivity index (χ4v) is 5.27. The molecule has 0 N–H and O–H groups in total. The minimum atomic E-state index is -5.91. The van der Waals surface area contributed by atoms with Gasteiger partial charge in [0.2, 0.25) is 0 Å². The maximum atomic E-state index is 13.3. The van der Waals surface area contributed by atoms with Gasteiger partial charge in [0.15, 0.2) is 16.7 Å². The molecule has 4 aliphatic rings. The molecule has 152 valence electrons. The number of halogens is 2. The predicted octanol–water partition coefficient (Wildman–Crippen LogP) is 1.98. The van der Waals surface area contributed by atoms with Crippen molar-refractivity contribution >= 4 is 22.1 Å². The van der Waals surface area contributed by atoms with Crippen LogP contribution < -0.4 is 0 Å². The number of rotatable bonds is 6. The lowest BCUT2D eigenvalue weighted by atomic mass is 9.50. The van der Waals surface area contributed by atoms with Crippen LogP contribution in [0, 0.1) is 23.7 Å². The molecule has 0 aromatic heterocycles. The van der Waals surface area contributed by atoms with Gasteiger partial charge in [-0.2, -0.15) is 8.78 Å². The van der Waals surface area contributed by atoms with Crippen molar-refractivity contribution in [2.45, 2.75) is 49.9 Å². The highest BCUT2D eigenvalue weighted by molar-refractivity contribution is 7.86. The van der Waals surface area contributed by atoms with Crippen LogP contribution in [0.15, 0.2) is 12.2 Å². The van der Waals surface area contributed by atoms with Crippen LogP contribution in [-0.2, 0) is 29.2 Å². The fourth-order valence-electron chi connectivity index (χ4n) is 5.07. The second-order valence-electron chi connectivity index (χ2n) is 8.05. The van der Waals surface area contributed by atoms with Gasteiger partial charge in [-0.3, -0.25) is 4.79 Å². The van der Waals surface area contributed by atoms with Gasteiger partial charge in [-0.25, -0.2) is 13.2 Å². The van der Waals surface area contributed by atoms with Gasteiger partial charge in [0.1, 0.15) is 5.60 Å². The van der Waals surface area contributed by atoms with Crippen molar-refractivity contribution in [3.8, 4) is 0 Å². The van der Waals surface area contributed by atoms with Gasteiger partial charge in [0.05, 0.1) is 5.92 Å². The Kier molecular flexibility index (Phi) is 4.87. The Hall–Kier alpha value is -1.55. The standard InChI is InChI=1S/C17H22F2O7S/c1-9(2)14(20)26-16-5-10-3-11(6-16)13(12(4-10)7-16)15(21)25-8-17(18,19)27(22,23)24/h10-13H,1,3-8H2,2H3,(H,22,23,24)/p-1. The molecule has 0 aliphatic heterocycles. The maximum absolute atomic E-state index is 13.3. The summed E-state index contributed by atoms with van der Waals surface area (Å²) in [6.07, 6.45) is 2.94. The van der Waals surface area contributed by atoms with E-state index >= 15 is 0 Å². The summed E-state index contributed by atoms with van der Waals surface area (Å²) in [5, 5.41) is -4.66. The quantitative estimate of drug-likeness (QED) is 0.376. The molecule has 4 fully saturated rings. The molecular weight excluding hydrogens is 386 g/mol. The highest BCUT2D eigenvalue weighted by Gasteiger charge is 2.59. The summed E-state index contributed by atoms with van der Waals surface area (Å²) in [6.45, 7) is 3.33. The molecule has 0 aromatic rings. The van der Waals surface area contributed by atoms with E-state index in [9.17, 15) is 31.3 Å². The first kappa shape index (κ1) is 20.2. The van der Waals surface area contributed by atoms with Gasteiger partial charge in [-0.15, -0.1) is 0 Å². The van der Waals surface area contributed by atoms with Crippen LogP contribution >= 0.6 is 0 Å². The predicted molar refractivity (Wildman–Crippen MR) is 86.3 cm³/mol. The van der Waals surface area contributed by atoms with E-state index in [1.165, 1.54) is 0 Å². The SMILES string of the molecule is C=C(C)C(=O)OC12CC3CC(C1)C(C(=O)OCC(F)(F)S(=O)(=O)[O-])C(C3)C2. The number of ether oxygens (including phenoxy) is 2. The molecule has 0 heterocycles. The molecule has 10 heteroatoms. The van der Waals surface area contributed by atoms with Crippen molar-refractivity contribution in [2.24, 2.45) is 23.7 Å². The number of hydrogen-bond donors (Lipinski definition) is 0. The lowest BCUT2D eigenvalue weighted by Gasteiger charge is -2.58. The smallest absolute Gasteiger partial charge is 0.367 e. The molecule has 0 saturated heterocycles. The van der Waals surface area contributed by atoms with Crippen LogP contribution in [0.25, 0.3) is 0 Å². The summed E-state index contributed by atoms with van der Waals surface area (Å²) in [6, 6.07) is 0. The largest absolute Gasteiger partial charge is 0.743 e. The van der Waals surface area contributed by atoms with Crippen molar-refractivity contribution in [1.29, 1.82) is 0 Å². The summed E-state index contributed by atoms with van der Waals surface area (Å²) in [7, 11) is -5.91. The average Bonchev–Trinajstić information content (AvgIpc) is 2.50. The third-order valence-electron chi connectivity index (χ3n) is 5.90. The first-order valence-corrected chi connectivity index (χ1v) is 10.1. The second kappa shape index (κ2) is 6.51. The van der Waals surface area contributed by atoms with Gasteiger partial charge in [0.25, 0.3) is 0 Å². The Morgan fingerprint density at radius 3 is 2.26 bits per heavy atom. The van der Waals surface area contributed by atoms with Gasteiger partial charge >= 0.3 is 17.2 Å². The molecular formula is C17H21F2O7S-. The Labute approximate surface area is 155 Å². The maximum Gasteiger partial charge on any atom is 0.367 e. The lowest BCUT2D eigenvalue weighted by molar-refractivity contribution is -0.201. The molecule has 2 unspecified atom stereocenters. The zero-order valence-corrected chi connectivity index (χ0v) is 15.6. The number of carbonyl (C=O) groups excluding carboxylic acids is 2. The molecule has 0 amide bonds. The summed E-state index contributed by atoms with van der Waals surface area (Å²) in [5.74, 6) is -2.19. The molecule has 4 aliphatic carbocycles. The minimum absolute atomic E-state index is 0.195. The van der Waals surface area contributed by atoms with Gasteiger partial charge < -0.3 is 14.0 Å². The lowest BCUT2D eigenvalue weighted by Crippen LogP contribution is -2.58. The number of alkyl halides is 2. The van der Waals surface area contributed by atoms with E-state index in [1.54, 1.807) is 6.92 Å². The number of hydrogen-bond acceptors (Lipinski definition) is 7. The van der Waals surface area contributed by atoms with Crippen molar-refractivity contribution in [2.75, 3.05) is 6.61 Å². The molecule has 0 spiro atoms. The Morgan fingerprint density at radius 1 is 1.22 bits per heavy atom. The molecule has 4 rings (SSSR count). The van der Waals surface area contributed by atoms with E-state index in [0.29, 0.717) is 32.1 Å². The third-order valence-corrected chi connectivity index (χ3v) is 6.74. The van der Waals surface area contributed by atoms with Crippen molar-refractivity contribution in [1.82, 2.24) is 0 Å². The minimum Gasteiger partial charge on any atom is -0.743 e. The van der Waals surface area contributed by atoms with Gasteiger partial charge in [-0.05, 0) is 56.8 Å². The van der Waals surface area contributed by atoms with Crippen LogP contribution in [0.3, 0.4) is 0 Å². The second-order valence-corrected chi connectivity index (χ2v) is 9.55. The average molecular weight is 407 g/mol. The monoisotopic (exact) mass is 407 g/mol. The highest BCUT2D eigenvalue weighted by Crippen LogP contribution is 2.60. The molecule has 4 bridgehead atoms. The first-order chi connectivity index (χ1) is 12.3. The van der Waals surface area contributed by atoms with Crippen LogP contribution in [0.2, 0.25) is 0 Å². The summed E-state index contributed by atoms with van der Waals surface area (Å²) in [4.78, 5) is 24.3. The van der Waals surface area contributed by atoms with E-state index in [4.69, 9.17) is 4.74 Å². The summed E-state index contributed by atoms with van der Waals surface area (Å²) < 4.78 is 68.3. The van der Waals surface area contributed by atoms with Gasteiger partial charge in [-0.1, -0.05) is 6.58 Å². The zero-order valence-electron chi connectivity index (χ0n) is 14.8. The molecule has 4 saturated carbocycles. The molecule has 0 radical (unpaired) electrons. The Morgan fingerprint density at radius 2 is 1.78 bits per heavy atom. The molecule has 27 heavy (non-hydrogen) atoms. The van der Waals surface area contributed by atoms with Crippen LogP contribution in [0.5, 0.6) is 0 Å². The fraction of sp³-hybridized carbons (Fsp3) is 0.765. The van der Waals surface area contributed by atoms with Crippen LogP contribution in [0.4, 0.5) is 8.78 Å². The number of carbonyl (C=O) groups is 2. The van der Waals surface area contributed by atoms with Crippen LogP contribution in [0.1, 0.15) is 39.0 Å². The van der Waals surface area contributed by atoms with Crippen molar-refractivity contribution in [3.05, 3.63) is 12.2 Å². The van der Waals surface area contributed by atoms with Crippen molar-refractivity contribution in [3.63, 3.8) is 0 Å². The summed E-state index contributed by atoms with van der Waals surface area (Å²) >= 11 is 0. The molecule has 0 aromatic carbocycles.